The Balaban J connectivity index is 2.08. The minimum Gasteiger partial charge on any atom is -0.486 e. The van der Waals surface area contributed by atoms with E-state index < -0.39 is 6.10 Å². The zero-order valence-corrected chi connectivity index (χ0v) is 11.1. The van der Waals surface area contributed by atoms with Crippen LogP contribution < -0.4 is 15.2 Å². The van der Waals surface area contributed by atoms with Gasteiger partial charge in [0.25, 0.3) is 0 Å². The van der Waals surface area contributed by atoms with Gasteiger partial charge in [0.1, 0.15) is 13.2 Å². The van der Waals surface area contributed by atoms with Crippen molar-refractivity contribution in [3.8, 4) is 11.5 Å². The molecule has 0 amide bonds. The third kappa shape index (κ3) is 3.07. The molecule has 100 valence electrons. The predicted octanol–water partition coefficient (Wildman–Crippen LogP) is 1.75. The molecule has 0 bridgehead atoms. The third-order valence-electron chi connectivity index (χ3n) is 3.03. The fourth-order valence-corrected chi connectivity index (χ4v) is 2.11. The lowest BCUT2D eigenvalue weighted by atomic mass is 10.0. The van der Waals surface area contributed by atoms with Crippen molar-refractivity contribution in [2.24, 2.45) is 5.73 Å². The molecule has 2 unspecified atom stereocenters. The fourth-order valence-electron chi connectivity index (χ4n) is 1.86. The zero-order chi connectivity index (χ0) is 13.1. The summed E-state index contributed by atoms with van der Waals surface area (Å²) in [4.78, 5) is 0. The molecular weight excluding hydrogens is 254 g/mol. The molecule has 1 aliphatic rings. The van der Waals surface area contributed by atoms with Gasteiger partial charge >= 0.3 is 0 Å². The maximum Gasteiger partial charge on any atom is 0.162 e. The molecule has 0 fully saturated rings. The van der Waals surface area contributed by atoms with Crippen molar-refractivity contribution in [3.05, 3.63) is 22.7 Å². The number of halogens is 1. The van der Waals surface area contributed by atoms with Crippen molar-refractivity contribution in [1.82, 2.24) is 0 Å². The van der Waals surface area contributed by atoms with Gasteiger partial charge in [0.05, 0.1) is 6.10 Å². The quantitative estimate of drug-likeness (QED) is 0.876. The second kappa shape index (κ2) is 5.78. The Labute approximate surface area is 112 Å². The largest absolute Gasteiger partial charge is 0.486 e. The third-order valence-corrected chi connectivity index (χ3v) is 3.38. The van der Waals surface area contributed by atoms with Crippen molar-refractivity contribution in [1.29, 1.82) is 0 Å². The monoisotopic (exact) mass is 271 g/mol. The summed E-state index contributed by atoms with van der Waals surface area (Å²) in [5.74, 6) is 1.40. The van der Waals surface area contributed by atoms with E-state index in [1.807, 2.05) is 6.07 Å². The highest BCUT2D eigenvalue weighted by molar-refractivity contribution is 6.31. The zero-order valence-electron chi connectivity index (χ0n) is 10.4. The van der Waals surface area contributed by atoms with Gasteiger partial charge in [-0.3, -0.25) is 0 Å². The number of rotatable bonds is 4. The topological polar surface area (TPSA) is 64.7 Å². The molecule has 0 aliphatic carbocycles. The Hall–Kier alpha value is -0.970. The summed E-state index contributed by atoms with van der Waals surface area (Å²) in [5, 5.41) is 10.3. The highest BCUT2D eigenvalue weighted by atomic mass is 35.5. The van der Waals surface area contributed by atoms with E-state index in [1.54, 1.807) is 13.0 Å². The van der Waals surface area contributed by atoms with E-state index in [-0.39, 0.29) is 6.04 Å². The molecule has 0 saturated heterocycles. The fraction of sp³-hybridized carbons (Fsp3) is 0.538. The number of benzene rings is 1. The summed E-state index contributed by atoms with van der Waals surface area (Å²) in [5.41, 5.74) is 6.57. The van der Waals surface area contributed by atoms with Crippen molar-refractivity contribution >= 4 is 11.6 Å². The summed E-state index contributed by atoms with van der Waals surface area (Å²) in [6, 6.07) is 3.41. The van der Waals surface area contributed by atoms with Crippen molar-refractivity contribution < 1.29 is 14.6 Å². The van der Waals surface area contributed by atoms with E-state index in [2.05, 4.69) is 0 Å². The lowest BCUT2D eigenvalue weighted by Crippen LogP contribution is -2.31. The van der Waals surface area contributed by atoms with Crippen LogP contribution in [0.3, 0.4) is 0 Å². The summed E-state index contributed by atoms with van der Waals surface area (Å²) in [6.45, 7) is 2.89. The van der Waals surface area contributed by atoms with Crippen LogP contribution in [0, 0.1) is 0 Å². The normalized spacial score (nSPS) is 17.3. The Morgan fingerprint density at radius 3 is 2.56 bits per heavy atom. The van der Waals surface area contributed by atoms with Crippen LogP contribution in [0.4, 0.5) is 0 Å². The first-order valence-corrected chi connectivity index (χ1v) is 6.47. The number of ether oxygens (including phenoxy) is 2. The van der Waals surface area contributed by atoms with Gasteiger partial charge in [0, 0.05) is 17.1 Å². The minimum absolute atomic E-state index is 0.235. The van der Waals surface area contributed by atoms with Crippen LogP contribution in [-0.2, 0) is 6.42 Å². The van der Waals surface area contributed by atoms with E-state index in [0.29, 0.717) is 36.8 Å². The first-order valence-electron chi connectivity index (χ1n) is 6.09. The lowest BCUT2D eigenvalue weighted by molar-refractivity contribution is 0.141. The highest BCUT2D eigenvalue weighted by Crippen LogP contribution is 2.35. The number of aryl methyl sites for hydroxylation is 1. The Bertz CT molecular complexity index is 423. The molecule has 0 saturated carbocycles. The summed E-state index contributed by atoms with van der Waals surface area (Å²) in [7, 11) is 0. The molecule has 0 aromatic heterocycles. The average Bonchev–Trinajstić information content (AvgIpc) is 2.35. The van der Waals surface area contributed by atoms with Crippen LogP contribution in [0.1, 0.15) is 18.9 Å². The van der Waals surface area contributed by atoms with E-state index in [1.165, 1.54) is 0 Å². The number of aliphatic hydroxyl groups is 1. The van der Waals surface area contributed by atoms with Gasteiger partial charge in [-0.15, -0.1) is 0 Å². The molecule has 1 aromatic carbocycles. The van der Waals surface area contributed by atoms with Gasteiger partial charge in [-0.1, -0.05) is 11.6 Å². The lowest BCUT2D eigenvalue weighted by Gasteiger charge is -2.20. The van der Waals surface area contributed by atoms with E-state index >= 15 is 0 Å². The Kier molecular flexibility index (Phi) is 4.32. The van der Waals surface area contributed by atoms with Crippen LogP contribution in [0.15, 0.2) is 12.1 Å². The SMILES string of the molecule is CC(N)C(O)CCc1cc2c(cc1Cl)OCCO2. The van der Waals surface area contributed by atoms with Gasteiger partial charge < -0.3 is 20.3 Å². The van der Waals surface area contributed by atoms with E-state index in [0.717, 1.165) is 11.3 Å². The van der Waals surface area contributed by atoms with Gasteiger partial charge in [-0.25, -0.2) is 0 Å². The van der Waals surface area contributed by atoms with Crippen molar-refractivity contribution in [2.75, 3.05) is 13.2 Å². The van der Waals surface area contributed by atoms with Crippen LogP contribution in [0.5, 0.6) is 11.5 Å². The second-order valence-electron chi connectivity index (χ2n) is 4.55. The first kappa shape index (κ1) is 13.5. The van der Waals surface area contributed by atoms with E-state index in [9.17, 15) is 5.11 Å². The molecule has 1 aliphatic heterocycles. The van der Waals surface area contributed by atoms with Gasteiger partial charge in [0.15, 0.2) is 11.5 Å². The van der Waals surface area contributed by atoms with Gasteiger partial charge in [-0.05, 0) is 31.4 Å². The smallest absolute Gasteiger partial charge is 0.162 e. The molecule has 2 rings (SSSR count). The molecule has 4 nitrogen and oxygen atoms in total. The van der Waals surface area contributed by atoms with Crippen LogP contribution in [0.2, 0.25) is 5.02 Å². The number of fused-ring (bicyclic) bond motifs is 1. The number of hydrogen-bond acceptors (Lipinski definition) is 4. The molecule has 1 aromatic rings. The number of hydrogen-bond donors (Lipinski definition) is 2. The van der Waals surface area contributed by atoms with Gasteiger partial charge in [0.2, 0.25) is 0 Å². The summed E-state index contributed by atoms with van der Waals surface area (Å²) >= 11 is 6.18. The molecule has 18 heavy (non-hydrogen) atoms. The maximum absolute atomic E-state index is 9.69. The number of aliphatic hydroxyl groups excluding tert-OH is 1. The number of nitrogens with two attached hydrogens (primary N) is 1. The second-order valence-corrected chi connectivity index (χ2v) is 4.96. The molecule has 1 heterocycles. The highest BCUT2D eigenvalue weighted by Gasteiger charge is 2.16. The summed E-state index contributed by atoms with van der Waals surface area (Å²) in [6.07, 6.45) is 0.726. The van der Waals surface area contributed by atoms with Gasteiger partial charge in [-0.2, -0.15) is 0 Å². The molecule has 5 heteroatoms. The van der Waals surface area contributed by atoms with Crippen molar-refractivity contribution in [3.63, 3.8) is 0 Å². The Morgan fingerprint density at radius 1 is 1.33 bits per heavy atom. The molecular formula is C13H18ClNO3. The van der Waals surface area contributed by atoms with Crippen molar-refractivity contribution in [2.45, 2.75) is 31.9 Å². The molecule has 0 spiro atoms. The van der Waals surface area contributed by atoms with Crippen LogP contribution >= 0.6 is 11.6 Å². The average molecular weight is 272 g/mol. The first-order chi connectivity index (χ1) is 8.58. The molecule has 3 N–H and O–H groups in total. The predicted molar refractivity (Wildman–Crippen MR) is 70.4 cm³/mol. The molecule has 2 atom stereocenters. The van der Waals surface area contributed by atoms with Crippen LogP contribution in [-0.4, -0.2) is 30.5 Å². The van der Waals surface area contributed by atoms with E-state index in [4.69, 9.17) is 26.8 Å². The minimum atomic E-state index is -0.519. The van der Waals surface area contributed by atoms with Crippen LogP contribution in [0.25, 0.3) is 0 Å². The molecule has 0 radical (unpaired) electrons. The Morgan fingerprint density at radius 2 is 1.94 bits per heavy atom. The summed E-state index contributed by atoms with van der Waals surface area (Å²) < 4.78 is 10.9. The maximum atomic E-state index is 9.69. The standard InChI is InChI=1S/C13H18ClNO3/c1-8(15)11(16)3-2-9-6-12-13(7-10(9)14)18-5-4-17-12/h6-8,11,16H,2-5,15H2,1H3.